The molecular formula is C19H21ClN2O7S. The maximum atomic E-state index is 13.1. The number of methoxy groups -OCH3 is 1. The summed E-state index contributed by atoms with van der Waals surface area (Å²) in [5, 5.41) is 11.3. The molecule has 2 aromatic carbocycles. The Morgan fingerprint density at radius 2 is 2.00 bits per heavy atom. The van der Waals surface area contributed by atoms with Crippen molar-refractivity contribution in [2.45, 2.75) is 31.2 Å². The minimum absolute atomic E-state index is 0.0679. The fourth-order valence-electron chi connectivity index (χ4n) is 2.73. The average Bonchev–Trinajstić information content (AvgIpc) is 2.69. The van der Waals surface area contributed by atoms with Crippen molar-refractivity contribution in [1.29, 1.82) is 0 Å². The van der Waals surface area contributed by atoms with Crippen molar-refractivity contribution in [2.75, 3.05) is 13.7 Å². The highest BCUT2D eigenvalue weighted by Gasteiger charge is 2.28. The summed E-state index contributed by atoms with van der Waals surface area (Å²) in [7, 11) is -2.90. The van der Waals surface area contributed by atoms with Crippen molar-refractivity contribution < 1.29 is 27.6 Å². The Morgan fingerprint density at radius 1 is 1.30 bits per heavy atom. The lowest BCUT2D eigenvalue weighted by atomic mass is 10.0. The molecule has 0 bridgehead atoms. The Balaban J connectivity index is 2.49. The molecule has 0 radical (unpaired) electrons. The van der Waals surface area contributed by atoms with Crippen LogP contribution in [0.5, 0.6) is 5.75 Å². The number of rotatable bonds is 9. The van der Waals surface area contributed by atoms with E-state index in [2.05, 4.69) is 4.72 Å². The van der Waals surface area contributed by atoms with Crippen molar-refractivity contribution >= 4 is 33.3 Å². The third-order valence-electron chi connectivity index (χ3n) is 4.19. The Hall–Kier alpha value is -2.69. The summed E-state index contributed by atoms with van der Waals surface area (Å²) in [5.41, 5.74) is 0.615. The number of hydrogen-bond acceptors (Lipinski definition) is 7. The van der Waals surface area contributed by atoms with Crippen LogP contribution in [-0.4, -0.2) is 33.0 Å². The molecule has 162 valence electrons. The second-order valence-electron chi connectivity index (χ2n) is 6.29. The van der Waals surface area contributed by atoms with Gasteiger partial charge in [0, 0.05) is 17.2 Å². The zero-order valence-electron chi connectivity index (χ0n) is 16.5. The number of hydrogen-bond donors (Lipinski definition) is 1. The van der Waals surface area contributed by atoms with E-state index in [9.17, 15) is 23.3 Å². The van der Waals surface area contributed by atoms with Gasteiger partial charge in [-0.3, -0.25) is 14.9 Å². The second-order valence-corrected chi connectivity index (χ2v) is 8.38. The lowest BCUT2D eigenvalue weighted by molar-refractivity contribution is -0.384. The van der Waals surface area contributed by atoms with Gasteiger partial charge in [0.05, 0.1) is 31.1 Å². The zero-order valence-corrected chi connectivity index (χ0v) is 18.1. The molecule has 0 spiro atoms. The summed E-state index contributed by atoms with van der Waals surface area (Å²) < 4.78 is 38.7. The van der Waals surface area contributed by atoms with Crippen LogP contribution in [0.25, 0.3) is 0 Å². The lowest BCUT2D eigenvalue weighted by Gasteiger charge is -2.20. The van der Waals surface area contributed by atoms with E-state index in [0.29, 0.717) is 5.56 Å². The molecule has 0 aliphatic rings. The molecule has 1 N–H and O–H groups in total. The van der Waals surface area contributed by atoms with Gasteiger partial charge in [-0.15, -0.1) is 0 Å². The number of carbonyl (C=O) groups is 1. The molecule has 0 aliphatic heterocycles. The van der Waals surface area contributed by atoms with Crippen molar-refractivity contribution in [3.8, 4) is 5.75 Å². The monoisotopic (exact) mass is 456 g/mol. The smallest absolute Gasteiger partial charge is 0.307 e. The Morgan fingerprint density at radius 3 is 2.60 bits per heavy atom. The fourth-order valence-corrected chi connectivity index (χ4v) is 4.36. The highest BCUT2D eigenvalue weighted by Crippen LogP contribution is 2.32. The van der Waals surface area contributed by atoms with Crippen LogP contribution in [0.15, 0.2) is 41.3 Å². The summed E-state index contributed by atoms with van der Waals surface area (Å²) in [4.78, 5) is 22.3. The first-order valence-corrected chi connectivity index (χ1v) is 10.7. The van der Waals surface area contributed by atoms with Crippen LogP contribution in [0, 0.1) is 17.0 Å². The van der Waals surface area contributed by atoms with Crippen LogP contribution in [0.3, 0.4) is 0 Å². The maximum absolute atomic E-state index is 13.1. The number of ether oxygens (including phenoxy) is 2. The number of aryl methyl sites for hydroxylation is 1. The first-order chi connectivity index (χ1) is 14.1. The van der Waals surface area contributed by atoms with Gasteiger partial charge in [0.2, 0.25) is 10.0 Å². The fraction of sp³-hybridized carbons (Fsp3) is 0.316. The largest absolute Gasteiger partial charge is 0.495 e. The van der Waals surface area contributed by atoms with Gasteiger partial charge in [0.15, 0.2) is 0 Å². The summed E-state index contributed by atoms with van der Waals surface area (Å²) in [6, 6.07) is 6.96. The Kier molecular flexibility index (Phi) is 7.77. The van der Waals surface area contributed by atoms with E-state index in [0.717, 1.165) is 0 Å². The van der Waals surface area contributed by atoms with Crippen LogP contribution in [-0.2, 0) is 19.6 Å². The van der Waals surface area contributed by atoms with E-state index in [1.807, 2.05) is 0 Å². The van der Waals surface area contributed by atoms with E-state index in [4.69, 9.17) is 21.1 Å². The molecule has 0 aromatic heterocycles. The predicted molar refractivity (Wildman–Crippen MR) is 110 cm³/mol. The van der Waals surface area contributed by atoms with Crippen molar-refractivity contribution in [2.24, 2.45) is 0 Å². The van der Waals surface area contributed by atoms with E-state index in [-0.39, 0.29) is 39.9 Å². The molecule has 0 saturated carbocycles. The third-order valence-corrected chi connectivity index (χ3v) is 6.09. The number of non-ortho nitro benzene ring substituents is 1. The number of halogens is 1. The highest BCUT2D eigenvalue weighted by atomic mass is 35.5. The van der Waals surface area contributed by atoms with Crippen LogP contribution >= 0.6 is 11.6 Å². The molecule has 1 unspecified atom stereocenters. The molecule has 30 heavy (non-hydrogen) atoms. The SMILES string of the molecule is CCOC(=O)CC(NS(=O)(=O)c1cc(Cl)c(C)cc1OC)c1cccc([N+](=O)[O-])c1. The molecule has 0 aliphatic carbocycles. The quantitative estimate of drug-likeness (QED) is 0.347. The second kappa shape index (κ2) is 9.88. The van der Waals surface area contributed by atoms with E-state index < -0.39 is 27.0 Å². The van der Waals surface area contributed by atoms with Crippen LogP contribution < -0.4 is 9.46 Å². The van der Waals surface area contributed by atoms with E-state index in [1.54, 1.807) is 13.8 Å². The number of nitro groups is 1. The summed E-state index contributed by atoms with van der Waals surface area (Å²) in [6.07, 6.45) is -0.365. The van der Waals surface area contributed by atoms with E-state index >= 15 is 0 Å². The van der Waals surface area contributed by atoms with E-state index in [1.165, 1.54) is 43.5 Å². The Labute approximate surface area is 179 Å². The topological polar surface area (TPSA) is 125 Å². The van der Waals surface area contributed by atoms with Gasteiger partial charge in [-0.2, -0.15) is 0 Å². The lowest BCUT2D eigenvalue weighted by Crippen LogP contribution is -2.31. The molecule has 9 nitrogen and oxygen atoms in total. The van der Waals surface area contributed by atoms with Crippen LogP contribution in [0.1, 0.15) is 30.5 Å². The number of sulfonamides is 1. The van der Waals surface area contributed by atoms with Gasteiger partial charge < -0.3 is 9.47 Å². The predicted octanol–water partition coefficient (Wildman–Crippen LogP) is 3.54. The molecule has 0 heterocycles. The van der Waals surface area contributed by atoms with Crippen molar-refractivity contribution in [3.05, 3.63) is 62.7 Å². The number of nitro benzene ring substituents is 1. The minimum atomic E-state index is -4.22. The normalized spacial score (nSPS) is 12.3. The highest BCUT2D eigenvalue weighted by molar-refractivity contribution is 7.89. The molecule has 2 aromatic rings. The number of nitrogens with zero attached hydrogens (tertiary/aromatic N) is 1. The molecular weight excluding hydrogens is 436 g/mol. The van der Waals surface area contributed by atoms with Gasteiger partial charge in [-0.1, -0.05) is 23.7 Å². The summed E-state index contributed by atoms with van der Waals surface area (Å²) >= 11 is 6.09. The molecule has 0 fully saturated rings. The average molecular weight is 457 g/mol. The van der Waals surface area contributed by atoms with Gasteiger partial charge in [-0.05, 0) is 37.1 Å². The van der Waals surface area contributed by atoms with Crippen LogP contribution in [0.2, 0.25) is 5.02 Å². The standard InChI is InChI=1S/C19H21ClN2O7S/c1-4-29-19(23)11-16(13-6-5-7-14(9-13)22(24)25)21-30(26,27)18-10-15(20)12(2)8-17(18)28-3/h5-10,16,21H,4,11H2,1-3H3. The van der Waals surface area contributed by atoms with Gasteiger partial charge >= 0.3 is 5.97 Å². The first-order valence-electron chi connectivity index (χ1n) is 8.85. The number of esters is 1. The van der Waals surface area contributed by atoms with Gasteiger partial charge in [0.1, 0.15) is 10.6 Å². The minimum Gasteiger partial charge on any atom is -0.495 e. The Bertz CT molecular complexity index is 1060. The van der Waals surface area contributed by atoms with Crippen LogP contribution in [0.4, 0.5) is 5.69 Å². The summed E-state index contributed by atoms with van der Waals surface area (Å²) in [6.45, 7) is 3.42. The van der Waals surface area contributed by atoms with Crippen molar-refractivity contribution in [3.63, 3.8) is 0 Å². The molecule has 2 rings (SSSR count). The maximum Gasteiger partial charge on any atom is 0.307 e. The molecule has 11 heteroatoms. The summed E-state index contributed by atoms with van der Waals surface area (Å²) in [5.74, 6) is -0.594. The van der Waals surface area contributed by atoms with Gasteiger partial charge in [-0.25, -0.2) is 13.1 Å². The van der Waals surface area contributed by atoms with Gasteiger partial charge in [0.25, 0.3) is 5.69 Å². The number of carbonyl (C=O) groups excluding carboxylic acids is 1. The number of nitrogens with one attached hydrogen (secondary N) is 1. The van der Waals surface area contributed by atoms with Crippen molar-refractivity contribution in [1.82, 2.24) is 4.72 Å². The zero-order chi connectivity index (χ0) is 22.5. The first kappa shape index (κ1) is 23.6. The third kappa shape index (κ3) is 5.68. The number of benzene rings is 2. The molecule has 0 amide bonds. The molecule has 1 atom stereocenters. The molecule has 0 saturated heterocycles.